The van der Waals surface area contributed by atoms with Crippen molar-refractivity contribution in [2.24, 2.45) is 5.92 Å². The van der Waals surface area contributed by atoms with Crippen LogP contribution in [-0.4, -0.2) is 50.1 Å². The van der Waals surface area contributed by atoms with Crippen LogP contribution in [0.4, 0.5) is 4.39 Å². The second-order valence-corrected chi connectivity index (χ2v) is 7.21. The molecule has 0 aromatic heterocycles. The minimum atomic E-state index is -0.463. The molecule has 0 bridgehead atoms. The number of likely N-dealkylation sites (tertiary alicyclic amines) is 1. The van der Waals surface area contributed by atoms with E-state index < -0.39 is 5.92 Å². The second kappa shape index (κ2) is 9.17. The number of nitrogens with zero attached hydrogens (tertiary/aromatic N) is 1. The molecule has 0 spiro atoms. The highest BCUT2D eigenvalue weighted by Crippen LogP contribution is 2.34. The Bertz CT molecular complexity index is 844. The molecule has 0 unspecified atom stereocenters. The average molecular weight is 405 g/mol. The summed E-state index contributed by atoms with van der Waals surface area (Å²) in [5.74, 6) is -1.45. The molecule has 2 aromatic rings. The topological polar surface area (TPSA) is 58.6 Å². The van der Waals surface area contributed by atoms with E-state index in [-0.39, 0.29) is 30.1 Å². The van der Waals surface area contributed by atoms with Crippen LogP contribution in [0.2, 0.25) is 5.02 Å². The first-order valence-electron chi connectivity index (χ1n) is 9.06. The van der Waals surface area contributed by atoms with E-state index in [0.717, 1.165) is 0 Å². The number of hydrogen-bond acceptors (Lipinski definition) is 3. The molecule has 2 atom stereocenters. The maximum absolute atomic E-state index is 13.7. The molecular formula is C21H22ClFN2O3. The number of nitrogens with one attached hydrogen (secondary N) is 1. The number of carbonyl (C=O) groups is 2. The van der Waals surface area contributed by atoms with E-state index in [9.17, 15) is 14.0 Å². The van der Waals surface area contributed by atoms with Crippen molar-refractivity contribution in [3.05, 3.63) is 70.5 Å². The van der Waals surface area contributed by atoms with Crippen molar-refractivity contribution in [1.82, 2.24) is 10.2 Å². The molecule has 1 aliphatic heterocycles. The summed E-state index contributed by atoms with van der Waals surface area (Å²) in [5, 5.41) is 3.38. The summed E-state index contributed by atoms with van der Waals surface area (Å²) in [6.07, 6.45) is 0. The molecule has 1 N–H and O–H groups in total. The first-order valence-corrected chi connectivity index (χ1v) is 9.44. The highest BCUT2D eigenvalue weighted by molar-refractivity contribution is 6.30. The first-order chi connectivity index (χ1) is 13.5. The van der Waals surface area contributed by atoms with Gasteiger partial charge in [0.2, 0.25) is 5.91 Å². The van der Waals surface area contributed by atoms with E-state index >= 15 is 0 Å². The van der Waals surface area contributed by atoms with Gasteiger partial charge in [-0.1, -0.05) is 23.7 Å². The molecule has 0 aliphatic carbocycles. The van der Waals surface area contributed by atoms with Crippen LogP contribution in [-0.2, 0) is 9.53 Å². The lowest BCUT2D eigenvalue weighted by Crippen LogP contribution is -2.37. The molecule has 1 fully saturated rings. The number of benzene rings is 2. The molecule has 1 aliphatic rings. The summed E-state index contributed by atoms with van der Waals surface area (Å²) in [5.41, 5.74) is 1.21. The third kappa shape index (κ3) is 4.69. The Kier molecular flexibility index (Phi) is 6.65. The fourth-order valence-corrected chi connectivity index (χ4v) is 3.62. The molecule has 148 valence electrons. The van der Waals surface area contributed by atoms with Gasteiger partial charge in [0.1, 0.15) is 5.82 Å². The lowest BCUT2D eigenvalue weighted by atomic mass is 9.88. The van der Waals surface area contributed by atoms with Gasteiger partial charge in [-0.2, -0.15) is 0 Å². The Morgan fingerprint density at radius 1 is 1.21 bits per heavy atom. The molecule has 7 heteroatoms. The van der Waals surface area contributed by atoms with Crippen molar-refractivity contribution >= 4 is 23.4 Å². The van der Waals surface area contributed by atoms with Crippen molar-refractivity contribution in [2.45, 2.75) is 5.92 Å². The third-order valence-electron chi connectivity index (χ3n) is 4.92. The van der Waals surface area contributed by atoms with Crippen LogP contribution in [0.5, 0.6) is 0 Å². The molecule has 2 aromatic carbocycles. The molecule has 2 amide bonds. The van der Waals surface area contributed by atoms with Crippen molar-refractivity contribution < 1.29 is 18.7 Å². The summed E-state index contributed by atoms with van der Waals surface area (Å²) >= 11 is 5.90. The predicted molar refractivity (Wildman–Crippen MR) is 105 cm³/mol. The Labute approximate surface area is 168 Å². The smallest absolute Gasteiger partial charge is 0.253 e. The monoisotopic (exact) mass is 404 g/mol. The van der Waals surface area contributed by atoms with Gasteiger partial charge in [0, 0.05) is 43.2 Å². The number of methoxy groups -OCH3 is 1. The Morgan fingerprint density at radius 3 is 2.64 bits per heavy atom. The fraction of sp³-hybridized carbons (Fsp3) is 0.333. The van der Waals surface area contributed by atoms with Gasteiger partial charge < -0.3 is 15.0 Å². The average Bonchev–Trinajstić information content (AvgIpc) is 3.14. The van der Waals surface area contributed by atoms with Crippen molar-refractivity contribution in [3.63, 3.8) is 0 Å². The van der Waals surface area contributed by atoms with E-state index in [1.165, 1.54) is 12.1 Å². The number of ether oxygens (including phenoxy) is 1. The van der Waals surface area contributed by atoms with Crippen LogP contribution in [0.15, 0.2) is 48.5 Å². The first kappa shape index (κ1) is 20.3. The number of hydrogen-bond donors (Lipinski definition) is 1. The summed E-state index contributed by atoms with van der Waals surface area (Å²) in [7, 11) is 1.56. The minimum Gasteiger partial charge on any atom is -0.383 e. The highest BCUT2D eigenvalue weighted by Gasteiger charge is 2.40. The Hall–Kier alpha value is -2.44. The van der Waals surface area contributed by atoms with E-state index in [0.29, 0.717) is 35.8 Å². The van der Waals surface area contributed by atoms with Gasteiger partial charge in [-0.3, -0.25) is 9.59 Å². The summed E-state index contributed by atoms with van der Waals surface area (Å²) in [6.45, 7) is 1.39. The second-order valence-electron chi connectivity index (χ2n) is 6.77. The van der Waals surface area contributed by atoms with Gasteiger partial charge in [0.25, 0.3) is 5.91 Å². The zero-order chi connectivity index (χ0) is 20.1. The molecule has 1 heterocycles. The van der Waals surface area contributed by atoms with Crippen LogP contribution in [0.25, 0.3) is 0 Å². The molecule has 3 rings (SSSR count). The standard InChI is InChI=1S/C21H22ClFN2O3/c1-28-10-9-24-20(26)19-13-25(21(27)14-5-7-16(22)8-6-14)12-18(19)15-3-2-4-17(23)11-15/h2-8,11,18-19H,9-10,12-13H2,1H3,(H,24,26)/t18-,19-/m0/s1. The molecule has 28 heavy (non-hydrogen) atoms. The van der Waals surface area contributed by atoms with E-state index in [4.69, 9.17) is 16.3 Å². The number of carbonyl (C=O) groups excluding carboxylic acids is 2. The van der Waals surface area contributed by atoms with Crippen molar-refractivity contribution in [3.8, 4) is 0 Å². The maximum atomic E-state index is 13.7. The van der Waals surface area contributed by atoms with Gasteiger partial charge in [-0.05, 0) is 42.0 Å². The fourth-order valence-electron chi connectivity index (χ4n) is 3.49. The van der Waals surface area contributed by atoms with E-state index in [1.807, 2.05) is 0 Å². The lowest BCUT2D eigenvalue weighted by molar-refractivity contribution is -0.125. The van der Waals surface area contributed by atoms with E-state index in [1.54, 1.807) is 48.4 Å². The molecule has 5 nitrogen and oxygen atoms in total. The maximum Gasteiger partial charge on any atom is 0.253 e. The quantitative estimate of drug-likeness (QED) is 0.753. The van der Waals surface area contributed by atoms with Gasteiger partial charge in [0.15, 0.2) is 0 Å². The molecule has 0 saturated carbocycles. The van der Waals surface area contributed by atoms with Crippen LogP contribution in [0.1, 0.15) is 21.8 Å². The van der Waals surface area contributed by atoms with Gasteiger partial charge in [0.05, 0.1) is 12.5 Å². The predicted octanol–water partition coefficient (Wildman–Crippen LogP) is 3.10. The number of amides is 2. The zero-order valence-corrected chi connectivity index (χ0v) is 16.3. The van der Waals surface area contributed by atoms with Crippen LogP contribution >= 0.6 is 11.6 Å². The van der Waals surface area contributed by atoms with Crippen molar-refractivity contribution in [1.29, 1.82) is 0 Å². The van der Waals surface area contributed by atoms with Gasteiger partial charge in [-0.15, -0.1) is 0 Å². The summed E-state index contributed by atoms with van der Waals surface area (Å²) < 4.78 is 18.7. The minimum absolute atomic E-state index is 0.169. The molecule has 1 saturated heterocycles. The zero-order valence-electron chi connectivity index (χ0n) is 15.5. The highest BCUT2D eigenvalue weighted by atomic mass is 35.5. The summed E-state index contributed by atoms with van der Waals surface area (Å²) in [4.78, 5) is 27.2. The van der Waals surface area contributed by atoms with Gasteiger partial charge in [-0.25, -0.2) is 4.39 Å². The van der Waals surface area contributed by atoms with Crippen LogP contribution in [0.3, 0.4) is 0 Å². The number of rotatable bonds is 6. The normalized spacial score (nSPS) is 18.9. The van der Waals surface area contributed by atoms with Crippen LogP contribution in [0, 0.1) is 11.7 Å². The summed E-state index contributed by atoms with van der Waals surface area (Å²) in [6, 6.07) is 12.8. The largest absolute Gasteiger partial charge is 0.383 e. The van der Waals surface area contributed by atoms with Crippen molar-refractivity contribution in [2.75, 3.05) is 33.4 Å². The third-order valence-corrected chi connectivity index (χ3v) is 5.17. The molecule has 0 radical (unpaired) electrons. The Balaban J connectivity index is 1.82. The van der Waals surface area contributed by atoms with Crippen LogP contribution < -0.4 is 5.32 Å². The van der Waals surface area contributed by atoms with Gasteiger partial charge >= 0.3 is 0 Å². The SMILES string of the molecule is COCCNC(=O)[C@H]1CN(C(=O)c2ccc(Cl)cc2)C[C@H]1c1cccc(F)c1. The lowest BCUT2D eigenvalue weighted by Gasteiger charge is -2.18. The van der Waals surface area contributed by atoms with E-state index in [2.05, 4.69) is 5.32 Å². The molecular weight excluding hydrogens is 383 g/mol. The number of halogens is 2. The Morgan fingerprint density at radius 2 is 1.96 bits per heavy atom.